The van der Waals surface area contributed by atoms with E-state index in [1.165, 1.54) is 21.2 Å². The molecule has 0 saturated heterocycles. The second kappa shape index (κ2) is 3.04. The van der Waals surface area contributed by atoms with Gasteiger partial charge in [-0.1, -0.05) is 13.0 Å². The molecule has 2 heteroatoms. The fourth-order valence-electron chi connectivity index (χ4n) is 1.51. The zero-order valence-electron chi connectivity index (χ0n) is 7.92. The number of hydrogen-bond acceptors (Lipinski definition) is 2. The van der Waals surface area contributed by atoms with Gasteiger partial charge in [0.25, 0.3) is 0 Å². The number of nitrogen functional groups attached to an aromatic ring is 1. The Morgan fingerprint density at radius 3 is 2.85 bits per heavy atom. The molecule has 0 aliphatic rings. The summed E-state index contributed by atoms with van der Waals surface area (Å²) >= 11 is 1.68. The minimum Gasteiger partial charge on any atom is -0.390 e. The standard InChI is InChI=1S/C11H13NS/c1-3-8-4-5-10-9(6-8)7(2)11(12)13-10/h4-6H,3,12H2,1-2H3. The van der Waals surface area contributed by atoms with Crippen molar-refractivity contribution >= 4 is 26.4 Å². The molecule has 0 aliphatic heterocycles. The van der Waals surface area contributed by atoms with Gasteiger partial charge in [0.1, 0.15) is 0 Å². The van der Waals surface area contributed by atoms with Crippen LogP contribution in [0.1, 0.15) is 18.1 Å². The molecule has 0 atom stereocenters. The number of aryl methyl sites for hydroxylation is 2. The Morgan fingerprint density at radius 2 is 2.15 bits per heavy atom. The first-order valence-electron chi connectivity index (χ1n) is 4.50. The molecule has 0 fully saturated rings. The first-order chi connectivity index (χ1) is 6.22. The molecule has 13 heavy (non-hydrogen) atoms. The van der Waals surface area contributed by atoms with Crippen molar-refractivity contribution in [1.82, 2.24) is 0 Å². The van der Waals surface area contributed by atoms with Crippen LogP contribution in [0.15, 0.2) is 18.2 Å². The molecule has 0 saturated carbocycles. The summed E-state index contributed by atoms with van der Waals surface area (Å²) < 4.78 is 1.30. The number of anilines is 1. The van der Waals surface area contributed by atoms with Gasteiger partial charge in [0, 0.05) is 4.70 Å². The number of hydrogen-bond donors (Lipinski definition) is 1. The first kappa shape index (κ1) is 8.57. The van der Waals surface area contributed by atoms with Gasteiger partial charge in [0.2, 0.25) is 0 Å². The van der Waals surface area contributed by atoms with Gasteiger partial charge >= 0.3 is 0 Å². The molecular weight excluding hydrogens is 178 g/mol. The summed E-state index contributed by atoms with van der Waals surface area (Å²) in [4.78, 5) is 0. The average Bonchev–Trinajstić information content (AvgIpc) is 2.43. The zero-order valence-corrected chi connectivity index (χ0v) is 8.74. The molecule has 1 aromatic heterocycles. The largest absolute Gasteiger partial charge is 0.390 e. The van der Waals surface area contributed by atoms with Crippen LogP contribution >= 0.6 is 11.3 Å². The van der Waals surface area contributed by atoms with E-state index in [0.717, 1.165) is 11.4 Å². The third-order valence-corrected chi connectivity index (χ3v) is 3.55. The Kier molecular flexibility index (Phi) is 2.00. The van der Waals surface area contributed by atoms with Gasteiger partial charge in [0.05, 0.1) is 5.00 Å². The van der Waals surface area contributed by atoms with E-state index in [4.69, 9.17) is 5.73 Å². The second-order valence-electron chi connectivity index (χ2n) is 3.28. The molecule has 68 valence electrons. The third kappa shape index (κ3) is 1.31. The van der Waals surface area contributed by atoms with Crippen LogP contribution in [0.3, 0.4) is 0 Å². The minimum atomic E-state index is 0.947. The van der Waals surface area contributed by atoms with Crippen LogP contribution in [0.4, 0.5) is 5.00 Å². The summed E-state index contributed by atoms with van der Waals surface area (Å²) in [6, 6.07) is 6.59. The molecule has 0 aliphatic carbocycles. The van der Waals surface area contributed by atoms with E-state index in [1.807, 2.05) is 0 Å². The monoisotopic (exact) mass is 191 g/mol. The lowest BCUT2D eigenvalue weighted by atomic mass is 10.1. The minimum absolute atomic E-state index is 0.947. The van der Waals surface area contributed by atoms with Gasteiger partial charge in [-0.2, -0.15) is 0 Å². The number of nitrogens with two attached hydrogens (primary N) is 1. The predicted molar refractivity (Wildman–Crippen MR) is 60.4 cm³/mol. The van der Waals surface area contributed by atoms with Crippen LogP contribution in [0.2, 0.25) is 0 Å². The number of benzene rings is 1. The summed E-state index contributed by atoms with van der Waals surface area (Å²) in [5.74, 6) is 0. The Hall–Kier alpha value is -1.02. The maximum atomic E-state index is 5.86. The van der Waals surface area contributed by atoms with Crippen molar-refractivity contribution in [3.8, 4) is 0 Å². The van der Waals surface area contributed by atoms with Gasteiger partial charge in [-0.25, -0.2) is 0 Å². The van der Waals surface area contributed by atoms with Crippen molar-refractivity contribution in [2.75, 3.05) is 5.73 Å². The lowest BCUT2D eigenvalue weighted by Gasteiger charge is -1.96. The van der Waals surface area contributed by atoms with Crippen LogP contribution in [0.25, 0.3) is 10.1 Å². The average molecular weight is 191 g/mol. The van der Waals surface area contributed by atoms with Gasteiger partial charge in [-0.3, -0.25) is 0 Å². The molecule has 1 heterocycles. The van der Waals surface area contributed by atoms with Gasteiger partial charge < -0.3 is 5.73 Å². The lowest BCUT2D eigenvalue weighted by molar-refractivity contribution is 1.15. The molecule has 2 aromatic rings. The number of rotatable bonds is 1. The molecule has 1 aromatic carbocycles. The fraction of sp³-hybridized carbons (Fsp3) is 0.273. The third-order valence-electron chi connectivity index (χ3n) is 2.45. The van der Waals surface area contributed by atoms with Crippen molar-refractivity contribution in [1.29, 1.82) is 0 Å². The quantitative estimate of drug-likeness (QED) is 0.735. The highest BCUT2D eigenvalue weighted by Crippen LogP contribution is 2.33. The summed E-state index contributed by atoms with van der Waals surface area (Å²) in [6.07, 6.45) is 1.09. The highest BCUT2D eigenvalue weighted by Gasteiger charge is 2.05. The van der Waals surface area contributed by atoms with Crippen LogP contribution in [0, 0.1) is 6.92 Å². The SMILES string of the molecule is CCc1ccc2sc(N)c(C)c2c1. The maximum absolute atomic E-state index is 5.86. The van der Waals surface area contributed by atoms with Gasteiger partial charge in [-0.15, -0.1) is 11.3 Å². The van der Waals surface area contributed by atoms with E-state index < -0.39 is 0 Å². The normalized spacial score (nSPS) is 10.9. The molecule has 0 radical (unpaired) electrons. The predicted octanol–water partition coefficient (Wildman–Crippen LogP) is 3.35. The number of fused-ring (bicyclic) bond motifs is 1. The molecule has 0 bridgehead atoms. The Morgan fingerprint density at radius 1 is 1.38 bits per heavy atom. The van der Waals surface area contributed by atoms with E-state index in [1.54, 1.807) is 11.3 Å². The van der Waals surface area contributed by atoms with E-state index in [2.05, 4.69) is 32.0 Å². The molecule has 0 unspecified atom stereocenters. The highest BCUT2D eigenvalue weighted by molar-refractivity contribution is 7.22. The Labute approximate surface area is 82.2 Å². The van der Waals surface area contributed by atoms with Crippen LogP contribution in [-0.4, -0.2) is 0 Å². The molecule has 1 nitrogen and oxygen atoms in total. The molecule has 2 N–H and O–H groups in total. The molecule has 2 rings (SSSR count). The fourth-order valence-corrected chi connectivity index (χ4v) is 2.46. The summed E-state index contributed by atoms with van der Waals surface area (Å²) in [5, 5.41) is 2.27. The highest BCUT2D eigenvalue weighted by atomic mass is 32.1. The van der Waals surface area contributed by atoms with E-state index in [-0.39, 0.29) is 0 Å². The van der Waals surface area contributed by atoms with Gasteiger partial charge in [-0.05, 0) is 42.0 Å². The van der Waals surface area contributed by atoms with Crippen LogP contribution in [0.5, 0.6) is 0 Å². The molecule has 0 spiro atoms. The van der Waals surface area contributed by atoms with Crippen molar-refractivity contribution in [3.63, 3.8) is 0 Å². The Balaban J connectivity index is 2.75. The maximum Gasteiger partial charge on any atom is 0.0898 e. The smallest absolute Gasteiger partial charge is 0.0898 e. The lowest BCUT2D eigenvalue weighted by Crippen LogP contribution is -1.81. The summed E-state index contributed by atoms with van der Waals surface area (Å²) in [6.45, 7) is 4.26. The van der Waals surface area contributed by atoms with Gasteiger partial charge in [0.15, 0.2) is 0 Å². The van der Waals surface area contributed by atoms with Crippen molar-refractivity contribution < 1.29 is 0 Å². The van der Waals surface area contributed by atoms with Crippen molar-refractivity contribution in [2.45, 2.75) is 20.3 Å². The van der Waals surface area contributed by atoms with E-state index in [9.17, 15) is 0 Å². The van der Waals surface area contributed by atoms with Crippen molar-refractivity contribution in [3.05, 3.63) is 29.3 Å². The molecular formula is C11H13NS. The van der Waals surface area contributed by atoms with Crippen LogP contribution < -0.4 is 5.73 Å². The molecule has 0 amide bonds. The second-order valence-corrected chi connectivity index (χ2v) is 4.36. The number of thiophene rings is 1. The van der Waals surface area contributed by atoms with E-state index in [0.29, 0.717) is 0 Å². The van der Waals surface area contributed by atoms with Crippen molar-refractivity contribution in [2.24, 2.45) is 0 Å². The van der Waals surface area contributed by atoms with Crippen LogP contribution in [-0.2, 0) is 6.42 Å². The Bertz CT molecular complexity index is 443. The summed E-state index contributed by atoms with van der Waals surface area (Å²) in [5.41, 5.74) is 8.48. The first-order valence-corrected chi connectivity index (χ1v) is 5.31. The van der Waals surface area contributed by atoms with E-state index >= 15 is 0 Å². The topological polar surface area (TPSA) is 26.0 Å². The zero-order chi connectivity index (χ0) is 9.42. The summed E-state index contributed by atoms with van der Waals surface area (Å²) in [7, 11) is 0.